The van der Waals surface area contributed by atoms with Crippen molar-refractivity contribution in [2.45, 2.75) is 12.5 Å². The van der Waals surface area contributed by atoms with Crippen molar-refractivity contribution < 1.29 is 13.9 Å². The van der Waals surface area contributed by atoms with Gasteiger partial charge in [0.25, 0.3) is 0 Å². The molecule has 2 rings (SSSR count). The van der Waals surface area contributed by atoms with Crippen LogP contribution >= 0.6 is 0 Å². The standard InChI is InChI=1S/C14H21FN2O2/c1-17-8-9(7-16)6-10(17)13-11(18-2)4-5-12(19-3)14(13)15/h4-5,9-10H,6-8,16H2,1-3H3. The lowest BCUT2D eigenvalue weighted by molar-refractivity contribution is 0.289. The molecule has 0 radical (unpaired) electrons. The Morgan fingerprint density at radius 1 is 1.32 bits per heavy atom. The number of likely N-dealkylation sites (tertiary alicyclic amines) is 1. The second-order valence-electron chi connectivity index (χ2n) is 4.99. The van der Waals surface area contributed by atoms with Gasteiger partial charge >= 0.3 is 0 Å². The van der Waals surface area contributed by atoms with E-state index in [2.05, 4.69) is 4.90 Å². The molecule has 5 heteroatoms. The van der Waals surface area contributed by atoms with Crippen LogP contribution in [0.3, 0.4) is 0 Å². The molecule has 1 heterocycles. The van der Waals surface area contributed by atoms with Gasteiger partial charge in [-0.15, -0.1) is 0 Å². The molecule has 2 atom stereocenters. The fourth-order valence-electron chi connectivity index (χ4n) is 2.82. The summed E-state index contributed by atoms with van der Waals surface area (Å²) < 4.78 is 24.9. The molecular weight excluding hydrogens is 247 g/mol. The zero-order valence-corrected chi connectivity index (χ0v) is 11.6. The summed E-state index contributed by atoms with van der Waals surface area (Å²) in [5.74, 6) is 0.870. The van der Waals surface area contributed by atoms with E-state index in [1.807, 2.05) is 7.05 Å². The first-order valence-electron chi connectivity index (χ1n) is 6.43. The largest absolute Gasteiger partial charge is 0.496 e. The Morgan fingerprint density at radius 3 is 2.47 bits per heavy atom. The third kappa shape index (κ3) is 2.53. The third-order valence-electron chi connectivity index (χ3n) is 3.85. The van der Waals surface area contributed by atoms with Crippen LogP contribution in [0.2, 0.25) is 0 Å². The molecule has 0 saturated carbocycles. The van der Waals surface area contributed by atoms with E-state index in [-0.39, 0.29) is 17.6 Å². The SMILES string of the molecule is COc1ccc(OC)c(C2CC(CN)CN2C)c1F. The van der Waals surface area contributed by atoms with Crippen LogP contribution in [-0.2, 0) is 0 Å². The average Bonchev–Trinajstić information content (AvgIpc) is 2.79. The van der Waals surface area contributed by atoms with Crippen LogP contribution in [0, 0.1) is 11.7 Å². The highest BCUT2D eigenvalue weighted by molar-refractivity contribution is 5.44. The van der Waals surface area contributed by atoms with E-state index in [0.29, 0.717) is 23.8 Å². The third-order valence-corrected chi connectivity index (χ3v) is 3.85. The Labute approximate surface area is 113 Å². The van der Waals surface area contributed by atoms with Crippen molar-refractivity contribution >= 4 is 0 Å². The molecule has 2 unspecified atom stereocenters. The number of hydrogen-bond donors (Lipinski definition) is 1. The first-order valence-corrected chi connectivity index (χ1v) is 6.43. The Kier molecular flexibility index (Phi) is 4.27. The van der Waals surface area contributed by atoms with E-state index in [9.17, 15) is 4.39 Å². The van der Waals surface area contributed by atoms with Crippen LogP contribution in [0.5, 0.6) is 11.5 Å². The maximum Gasteiger partial charge on any atom is 0.173 e. The van der Waals surface area contributed by atoms with Gasteiger partial charge in [-0.2, -0.15) is 0 Å². The summed E-state index contributed by atoms with van der Waals surface area (Å²) >= 11 is 0. The van der Waals surface area contributed by atoms with Crippen molar-refractivity contribution in [3.8, 4) is 11.5 Å². The fourth-order valence-corrected chi connectivity index (χ4v) is 2.82. The van der Waals surface area contributed by atoms with Gasteiger partial charge in [-0.1, -0.05) is 0 Å². The minimum Gasteiger partial charge on any atom is -0.496 e. The fraction of sp³-hybridized carbons (Fsp3) is 0.571. The van der Waals surface area contributed by atoms with E-state index in [1.165, 1.54) is 7.11 Å². The Hall–Kier alpha value is -1.33. The molecule has 106 valence electrons. The van der Waals surface area contributed by atoms with Gasteiger partial charge in [0.1, 0.15) is 5.75 Å². The molecule has 1 saturated heterocycles. The zero-order chi connectivity index (χ0) is 14.0. The van der Waals surface area contributed by atoms with Crippen molar-refractivity contribution in [2.24, 2.45) is 11.7 Å². The van der Waals surface area contributed by atoms with Gasteiger partial charge in [0.2, 0.25) is 0 Å². The molecule has 2 N–H and O–H groups in total. The number of rotatable bonds is 4. The summed E-state index contributed by atoms with van der Waals surface area (Å²) in [5.41, 5.74) is 6.29. The first kappa shape index (κ1) is 14.1. The molecule has 1 aromatic rings. The Morgan fingerprint density at radius 2 is 1.95 bits per heavy atom. The van der Waals surface area contributed by atoms with E-state index in [4.69, 9.17) is 15.2 Å². The lowest BCUT2D eigenvalue weighted by Crippen LogP contribution is -2.21. The van der Waals surface area contributed by atoms with Crippen LogP contribution < -0.4 is 15.2 Å². The van der Waals surface area contributed by atoms with Crippen LogP contribution in [0.1, 0.15) is 18.0 Å². The number of hydrogen-bond acceptors (Lipinski definition) is 4. The number of benzene rings is 1. The minimum atomic E-state index is -0.337. The number of methoxy groups -OCH3 is 2. The normalized spacial score (nSPS) is 23.6. The Bertz CT molecular complexity index is 453. The predicted octanol–water partition coefficient (Wildman–Crippen LogP) is 1.79. The van der Waals surface area contributed by atoms with Crippen molar-refractivity contribution in [1.29, 1.82) is 0 Å². The van der Waals surface area contributed by atoms with Gasteiger partial charge in [-0.3, -0.25) is 4.90 Å². The van der Waals surface area contributed by atoms with E-state index in [0.717, 1.165) is 13.0 Å². The van der Waals surface area contributed by atoms with Gasteiger partial charge in [-0.05, 0) is 38.1 Å². The zero-order valence-electron chi connectivity index (χ0n) is 11.6. The summed E-state index contributed by atoms with van der Waals surface area (Å²) in [6, 6.07) is 3.33. The number of ether oxygens (including phenoxy) is 2. The number of nitrogens with two attached hydrogens (primary N) is 1. The second kappa shape index (κ2) is 5.75. The molecule has 1 aliphatic heterocycles. The maximum absolute atomic E-state index is 14.5. The van der Waals surface area contributed by atoms with E-state index in [1.54, 1.807) is 19.2 Å². The molecule has 1 fully saturated rings. The number of nitrogens with zero attached hydrogens (tertiary/aromatic N) is 1. The molecule has 1 aliphatic rings. The molecule has 0 spiro atoms. The van der Waals surface area contributed by atoms with Crippen LogP contribution in [0.25, 0.3) is 0 Å². The molecular formula is C14H21FN2O2. The summed E-state index contributed by atoms with van der Waals surface area (Å²) in [7, 11) is 5.01. The predicted molar refractivity (Wildman–Crippen MR) is 72.0 cm³/mol. The Balaban J connectivity index is 2.42. The molecule has 4 nitrogen and oxygen atoms in total. The highest BCUT2D eigenvalue weighted by atomic mass is 19.1. The smallest absolute Gasteiger partial charge is 0.173 e. The summed E-state index contributed by atoms with van der Waals surface area (Å²) in [6.45, 7) is 1.50. The molecule has 0 aliphatic carbocycles. The monoisotopic (exact) mass is 268 g/mol. The summed E-state index contributed by atoms with van der Waals surface area (Å²) in [4.78, 5) is 2.12. The average molecular weight is 268 g/mol. The van der Waals surface area contributed by atoms with Crippen molar-refractivity contribution in [3.63, 3.8) is 0 Å². The topological polar surface area (TPSA) is 47.7 Å². The first-order chi connectivity index (χ1) is 9.12. The van der Waals surface area contributed by atoms with Crippen LogP contribution in [0.15, 0.2) is 12.1 Å². The second-order valence-corrected chi connectivity index (χ2v) is 4.99. The minimum absolute atomic E-state index is 0.0152. The summed E-state index contributed by atoms with van der Waals surface area (Å²) in [5, 5.41) is 0. The quantitative estimate of drug-likeness (QED) is 0.904. The molecule has 0 aromatic heterocycles. The van der Waals surface area contributed by atoms with Crippen molar-refractivity contribution in [3.05, 3.63) is 23.5 Å². The van der Waals surface area contributed by atoms with E-state index >= 15 is 0 Å². The maximum atomic E-state index is 14.5. The van der Waals surface area contributed by atoms with Gasteiger partial charge in [0, 0.05) is 12.6 Å². The van der Waals surface area contributed by atoms with Gasteiger partial charge in [-0.25, -0.2) is 4.39 Å². The molecule has 1 aromatic carbocycles. The van der Waals surface area contributed by atoms with Crippen molar-refractivity contribution in [2.75, 3.05) is 34.4 Å². The highest BCUT2D eigenvalue weighted by Crippen LogP contribution is 2.41. The van der Waals surface area contributed by atoms with E-state index < -0.39 is 0 Å². The lowest BCUT2D eigenvalue weighted by atomic mass is 9.98. The van der Waals surface area contributed by atoms with Crippen LogP contribution in [0.4, 0.5) is 4.39 Å². The summed E-state index contributed by atoms with van der Waals surface area (Å²) in [6.07, 6.45) is 0.841. The lowest BCUT2D eigenvalue weighted by Gasteiger charge is -2.23. The number of halogens is 1. The molecule has 19 heavy (non-hydrogen) atoms. The van der Waals surface area contributed by atoms with Gasteiger partial charge < -0.3 is 15.2 Å². The van der Waals surface area contributed by atoms with Gasteiger partial charge in [0.15, 0.2) is 11.6 Å². The van der Waals surface area contributed by atoms with Crippen molar-refractivity contribution in [1.82, 2.24) is 4.90 Å². The molecule has 0 bridgehead atoms. The highest BCUT2D eigenvalue weighted by Gasteiger charge is 2.34. The van der Waals surface area contributed by atoms with Gasteiger partial charge in [0.05, 0.1) is 19.8 Å². The molecule has 0 amide bonds. The van der Waals surface area contributed by atoms with Crippen LogP contribution in [-0.4, -0.2) is 39.3 Å².